The first-order chi connectivity index (χ1) is 10.4. The van der Waals surface area contributed by atoms with Gasteiger partial charge >= 0.3 is 5.69 Å². The Kier molecular flexibility index (Phi) is 4.35. The summed E-state index contributed by atoms with van der Waals surface area (Å²) in [5, 5.41) is 20.1. The maximum absolute atomic E-state index is 13.2. The average molecular weight is 307 g/mol. The van der Waals surface area contributed by atoms with E-state index in [1.54, 1.807) is 20.0 Å². The standard InChI is InChI=1S/C13H14FN5O3/c1-8-5-12(18(2)17-8)16-13(20)7-15-9-3-4-10(14)11(6-9)19(21)22/h3-6,15H,7H2,1-2H3,(H,16,20). The van der Waals surface area contributed by atoms with E-state index < -0.39 is 16.4 Å². The number of amides is 1. The molecule has 9 heteroatoms. The van der Waals surface area contributed by atoms with Gasteiger partial charge in [-0.25, -0.2) is 0 Å². The number of nitrogens with zero attached hydrogens (tertiary/aromatic N) is 3. The third-order valence-corrected chi connectivity index (χ3v) is 2.87. The minimum atomic E-state index is -0.926. The molecular formula is C13H14FN5O3. The smallest absolute Gasteiger partial charge is 0.306 e. The van der Waals surface area contributed by atoms with E-state index in [-0.39, 0.29) is 18.1 Å². The molecule has 0 radical (unpaired) electrons. The quantitative estimate of drug-likeness (QED) is 0.648. The fourth-order valence-electron chi connectivity index (χ4n) is 1.86. The molecule has 2 N–H and O–H groups in total. The average Bonchev–Trinajstić information content (AvgIpc) is 2.75. The van der Waals surface area contributed by atoms with Crippen LogP contribution < -0.4 is 10.6 Å². The van der Waals surface area contributed by atoms with Crippen LogP contribution in [0.2, 0.25) is 0 Å². The Hall–Kier alpha value is -2.97. The molecule has 22 heavy (non-hydrogen) atoms. The molecule has 0 aliphatic heterocycles. The van der Waals surface area contributed by atoms with Crippen LogP contribution in [0.15, 0.2) is 24.3 Å². The lowest BCUT2D eigenvalue weighted by Gasteiger charge is -2.08. The van der Waals surface area contributed by atoms with E-state index in [0.717, 1.165) is 17.8 Å². The van der Waals surface area contributed by atoms with E-state index in [1.165, 1.54) is 10.7 Å². The molecule has 0 unspecified atom stereocenters. The molecule has 0 aliphatic rings. The lowest BCUT2D eigenvalue weighted by Crippen LogP contribution is -2.23. The summed E-state index contributed by atoms with van der Waals surface area (Å²) in [7, 11) is 1.69. The van der Waals surface area contributed by atoms with Crippen LogP contribution in [0.1, 0.15) is 5.69 Å². The molecule has 0 spiro atoms. The molecule has 2 rings (SSSR count). The molecule has 1 aromatic heterocycles. The molecule has 0 atom stereocenters. The van der Waals surface area contributed by atoms with Crippen LogP contribution in [0.25, 0.3) is 0 Å². The first-order valence-electron chi connectivity index (χ1n) is 6.35. The predicted molar refractivity (Wildman–Crippen MR) is 78.1 cm³/mol. The zero-order valence-corrected chi connectivity index (χ0v) is 12.0. The van der Waals surface area contributed by atoms with E-state index in [0.29, 0.717) is 5.82 Å². The molecule has 0 saturated carbocycles. The Morgan fingerprint density at radius 2 is 2.18 bits per heavy atom. The van der Waals surface area contributed by atoms with Crippen molar-refractivity contribution in [3.63, 3.8) is 0 Å². The van der Waals surface area contributed by atoms with Crippen LogP contribution in [0.5, 0.6) is 0 Å². The topological polar surface area (TPSA) is 102 Å². The van der Waals surface area contributed by atoms with Crippen LogP contribution in [-0.4, -0.2) is 27.2 Å². The number of rotatable bonds is 5. The fourth-order valence-corrected chi connectivity index (χ4v) is 1.86. The number of nitro benzene ring substituents is 1. The summed E-state index contributed by atoms with van der Waals surface area (Å²) in [5.41, 5.74) is 0.400. The Balaban J connectivity index is 1.98. The van der Waals surface area contributed by atoms with Gasteiger partial charge in [0.25, 0.3) is 0 Å². The van der Waals surface area contributed by atoms with Crippen molar-refractivity contribution in [1.82, 2.24) is 9.78 Å². The highest BCUT2D eigenvalue weighted by Gasteiger charge is 2.14. The first kappa shape index (κ1) is 15.4. The number of carbonyl (C=O) groups is 1. The van der Waals surface area contributed by atoms with Crippen LogP contribution in [0.4, 0.5) is 21.6 Å². The molecular weight excluding hydrogens is 293 g/mol. The normalized spacial score (nSPS) is 10.3. The summed E-state index contributed by atoms with van der Waals surface area (Å²) in [6.45, 7) is 1.68. The van der Waals surface area contributed by atoms with Crippen LogP contribution in [0.3, 0.4) is 0 Å². The van der Waals surface area contributed by atoms with Gasteiger partial charge in [0, 0.05) is 24.9 Å². The monoisotopic (exact) mass is 307 g/mol. The van der Waals surface area contributed by atoms with Crippen molar-refractivity contribution in [3.8, 4) is 0 Å². The van der Waals surface area contributed by atoms with Gasteiger partial charge in [0.05, 0.1) is 17.2 Å². The first-order valence-corrected chi connectivity index (χ1v) is 6.35. The number of carbonyl (C=O) groups excluding carboxylic acids is 1. The second kappa shape index (κ2) is 6.20. The Bertz CT molecular complexity index is 728. The van der Waals surface area contributed by atoms with Crippen molar-refractivity contribution >= 4 is 23.1 Å². The summed E-state index contributed by atoms with van der Waals surface area (Å²) in [6, 6.07) is 5.05. The number of hydrogen-bond acceptors (Lipinski definition) is 5. The molecule has 0 bridgehead atoms. The highest BCUT2D eigenvalue weighted by molar-refractivity contribution is 5.93. The molecule has 0 fully saturated rings. The zero-order chi connectivity index (χ0) is 16.3. The van der Waals surface area contributed by atoms with E-state index in [1.807, 2.05) is 0 Å². The second-order valence-electron chi connectivity index (χ2n) is 4.62. The van der Waals surface area contributed by atoms with Gasteiger partial charge in [-0.3, -0.25) is 19.6 Å². The van der Waals surface area contributed by atoms with Crippen molar-refractivity contribution < 1.29 is 14.1 Å². The Morgan fingerprint density at radius 1 is 1.45 bits per heavy atom. The molecule has 0 saturated heterocycles. The van der Waals surface area contributed by atoms with Gasteiger partial charge in [-0.15, -0.1) is 0 Å². The van der Waals surface area contributed by atoms with Gasteiger partial charge in [-0.2, -0.15) is 9.49 Å². The van der Waals surface area contributed by atoms with E-state index >= 15 is 0 Å². The number of hydrogen-bond donors (Lipinski definition) is 2. The Labute approximate surface area is 125 Å². The van der Waals surface area contributed by atoms with Crippen molar-refractivity contribution in [2.24, 2.45) is 7.05 Å². The van der Waals surface area contributed by atoms with Gasteiger partial charge in [0.15, 0.2) is 0 Å². The van der Waals surface area contributed by atoms with E-state index in [9.17, 15) is 19.3 Å². The number of aromatic nitrogens is 2. The molecule has 1 amide bonds. The lowest BCUT2D eigenvalue weighted by molar-refractivity contribution is -0.387. The summed E-state index contributed by atoms with van der Waals surface area (Å²) < 4.78 is 14.7. The van der Waals surface area contributed by atoms with Crippen molar-refractivity contribution in [1.29, 1.82) is 0 Å². The fraction of sp³-hybridized carbons (Fsp3) is 0.231. The lowest BCUT2D eigenvalue weighted by atomic mass is 10.2. The van der Waals surface area contributed by atoms with Crippen molar-refractivity contribution in [2.45, 2.75) is 6.92 Å². The number of nitro groups is 1. The van der Waals surface area contributed by atoms with Crippen LogP contribution in [0, 0.1) is 22.9 Å². The van der Waals surface area contributed by atoms with Gasteiger partial charge in [-0.1, -0.05) is 0 Å². The summed E-state index contributed by atoms with van der Waals surface area (Å²) in [4.78, 5) is 21.6. The van der Waals surface area contributed by atoms with Crippen molar-refractivity contribution in [3.05, 3.63) is 45.9 Å². The number of anilines is 2. The van der Waals surface area contributed by atoms with E-state index in [2.05, 4.69) is 15.7 Å². The maximum atomic E-state index is 13.2. The number of halogens is 1. The van der Waals surface area contributed by atoms with Crippen molar-refractivity contribution in [2.75, 3.05) is 17.2 Å². The van der Waals surface area contributed by atoms with Crippen LogP contribution in [-0.2, 0) is 11.8 Å². The third kappa shape index (κ3) is 3.57. The maximum Gasteiger partial charge on any atom is 0.306 e. The highest BCUT2D eigenvalue weighted by atomic mass is 19.1. The summed E-state index contributed by atoms with van der Waals surface area (Å²) >= 11 is 0. The Morgan fingerprint density at radius 3 is 2.77 bits per heavy atom. The van der Waals surface area contributed by atoms with Crippen LogP contribution >= 0.6 is 0 Å². The molecule has 1 aromatic carbocycles. The predicted octanol–water partition coefficient (Wildman–Crippen LogP) is 1.83. The minimum absolute atomic E-state index is 0.118. The largest absolute Gasteiger partial charge is 0.376 e. The van der Waals surface area contributed by atoms with Gasteiger partial charge in [-0.05, 0) is 19.1 Å². The molecule has 8 nitrogen and oxygen atoms in total. The SMILES string of the molecule is Cc1cc(NC(=O)CNc2ccc(F)c([N+](=O)[O-])c2)n(C)n1. The number of nitrogens with one attached hydrogen (secondary N) is 2. The highest BCUT2D eigenvalue weighted by Crippen LogP contribution is 2.21. The zero-order valence-electron chi connectivity index (χ0n) is 12.0. The summed E-state index contributed by atoms with van der Waals surface area (Å²) in [6.07, 6.45) is 0. The number of benzene rings is 1. The molecule has 2 aromatic rings. The van der Waals surface area contributed by atoms with Gasteiger partial charge in [0.1, 0.15) is 5.82 Å². The summed E-state index contributed by atoms with van der Waals surface area (Å²) in [5.74, 6) is -0.741. The molecule has 1 heterocycles. The molecule has 0 aliphatic carbocycles. The molecule has 116 valence electrons. The van der Waals surface area contributed by atoms with E-state index in [4.69, 9.17) is 0 Å². The van der Waals surface area contributed by atoms with Gasteiger partial charge < -0.3 is 10.6 Å². The second-order valence-corrected chi connectivity index (χ2v) is 4.62. The minimum Gasteiger partial charge on any atom is -0.376 e. The number of aryl methyl sites for hydroxylation is 2. The van der Waals surface area contributed by atoms with Gasteiger partial charge in [0.2, 0.25) is 11.7 Å². The third-order valence-electron chi connectivity index (χ3n) is 2.87.